The number of piperidine rings is 1. The van der Waals surface area contributed by atoms with Crippen LogP contribution in [0.1, 0.15) is 66.2 Å². The lowest BCUT2D eigenvalue weighted by molar-refractivity contribution is 0.100. The van der Waals surface area contributed by atoms with Crippen molar-refractivity contribution in [2.24, 2.45) is 17.3 Å². The van der Waals surface area contributed by atoms with E-state index < -0.39 is 0 Å². The van der Waals surface area contributed by atoms with Crippen LogP contribution in [0.3, 0.4) is 0 Å². The monoisotopic (exact) mass is 280 g/mol. The summed E-state index contributed by atoms with van der Waals surface area (Å²) in [5, 5.41) is 3.57. The molecule has 0 radical (unpaired) electrons. The molecule has 2 rings (SSSR count). The van der Waals surface area contributed by atoms with E-state index in [-0.39, 0.29) is 0 Å². The summed E-state index contributed by atoms with van der Waals surface area (Å²) in [4.78, 5) is 2.76. The van der Waals surface area contributed by atoms with Gasteiger partial charge in [-0.25, -0.2) is 0 Å². The van der Waals surface area contributed by atoms with Crippen molar-refractivity contribution in [3.05, 3.63) is 0 Å². The third-order valence-electron chi connectivity index (χ3n) is 5.76. The Hall–Kier alpha value is -0.0800. The summed E-state index contributed by atoms with van der Waals surface area (Å²) in [7, 11) is 0. The van der Waals surface area contributed by atoms with Gasteiger partial charge in [-0.05, 0) is 68.9 Å². The van der Waals surface area contributed by atoms with Gasteiger partial charge in [0, 0.05) is 19.1 Å². The van der Waals surface area contributed by atoms with Crippen LogP contribution in [-0.2, 0) is 0 Å². The van der Waals surface area contributed by atoms with E-state index >= 15 is 0 Å². The largest absolute Gasteiger partial charge is 0.315 e. The number of likely N-dealkylation sites (N-methyl/N-ethyl adjacent to an activating group) is 1. The number of hydrogen-bond donors (Lipinski definition) is 1. The fourth-order valence-electron chi connectivity index (χ4n) is 4.22. The highest BCUT2D eigenvalue weighted by Crippen LogP contribution is 2.40. The van der Waals surface area contributed by atoms with Gasteiger partial charge in [-0.15, -0.1) is 0 Å². The Morgan fingerprint density at radius 3 is 2.25 bits per heavy atom. The zero-order valence-electron chi connectivity index (χ0n) is 14.3. The maximum Gasteiger partial charge on any atom is 0.0221 e. The maximum absolute atomic E-state index is 3.57. The molecule has 2 heteroatoms. The van der Waals surface area contributed by atoms with Crippen LogP contribution in [-0.4, -0.2) is 37.1 Å². The predicted octanol–water partition coefficient (Wildman–Crippen LogP) is 3.91. The highest BCUT2D eigenvalue weighted by atomic mass is 15.2. The molecule has 0 aromatic rings. The van der Waals surface area contributed by atoms with Gasteiger partial charge < -0.3 is 5.32 Å². The van der Waals surface area contributed by atoms with Gasteiger partial charge in [-0.1, -0.05) is 27.7 Å². The van der Waals surface area contributed by atoms with Crippen molar-refractivity contribution in [1.82, 2.24) is 10.2 Å². The predicted molar refractivity (Wildman–Crippen MR) is 88.0 cm³/mol. The van der Waals surface area contributed by atoms with E-state index in [0.29, 0.717) is 5.41 Å². The maximum atomic E-state index is 3.57. The molecule has 1 saturated heterocycles. The Morgan fingerprint density at radius 1 is 1.05 bits per heavy atom. The van der Waals surface area contributed by atoms with E-state index in [4.69, 9.17) is 0 Å². The molecule has 1 aliphatic carbocycles. The second-order valence-corrected chi connectivity index (χ2v) is 8.17. The van der Waals surface area contributed by atoms with Crippen LogP contribution in [0.4, 0.5) is 0 Å². The first-order valence-corrected chi connectivity index (χ1v) is 8.95. The van der Waals surface area contributed by atoms with Gasteiger partial charge in [0.1, 0.15) is 0 Å². The molecule has 2 nitrogen and oxygen atoms in total. The molecule has 2 fully saturated rings. The SMILES string of the molecule is CCN(CC1CCC(C(C)(C)C)CC1)C1CCCNC1. The normalized spacial score (nSPS) is 32.5. The first kappa shape index (κ1) is 16.3. The fourth-order valence-corrected chi connectivity index (χ4v) is 4.22. The third kappa shape index (κ3) is 4.46. The molecule has 0 spiro atoms. The van der Waals surface area contributed by atoms with Crippen molar-refractivity contribution >= 4 is 0 Å². The summed E-state index contributed by atoms with van der Waals surface area (Å²) in [5.41, 5.74) is 0.517. The molecule has 1 atom stereocenters. The molecule has 1 aliphatic heterocycles. The van der Waals surface area contributed by atoms with Crippen LogP contribution in [0.15, 0.2) is 0 Å². The number of rotatable bonds is 4. The molecule has 20 heavy (non-hydrogen) atoms. The van der Waals surface area contributed by atoms with Crippen molar-refractivity contribution < 1.29 is 0 Å². The van der Waals surface area contributed by atoms with Gasteiger partial charge in [0.15, 0.2) is 0 Å². The van der Waals surface area contributed by atoms with E-state index in [9.17, 15) is 0 Å². The number of nitrogens with one attached hydrogen (secondary N) is 1. The Bertz CT molecular complexity index is 268. The Kier molecular flexibility index (Phi) is 5.92. The second kappa shape index (κ2) is 7.26. The standard InChI is InChI=1S/C18H36N2/c1-5-20(17-7-6-12-19-13-17)14-15-8-10-16(11-9-15)18(2,3)4/h15-17,19H,5-14H2,1-4H3. The Balaban J connectivity index is 1.78. The molecule has 1 saturated carbocycles. The zero-order chi connectivity index (χ0) is 14.6. The molecule has 0 bridgehead atoms. The number of nitrogens with zero attached hydrogens (tertiary/aromatic N) is 1. The summed E-state index contributed by atoms with van der Waals surface area (Å²) in [6, 6.07) is 0.800. The highest BCUT2D eigenvalue weighted by Gasteiger charge is 2.31. The van der Waals surface area contributed by atoms with E-state index in [2.05, 4.69) is 37.9 Å². The van der Waals surface area contributed by atoms with E-state index in [1.165, 1.54) is 64.7 Å². The Morgan fingerprint density at radius 2 is 1.75 bits per heavy atom. The topological polar surface area (TPSA) is 15.3 Å². The minimum absolute atomic E-state index is 0.517. The van der Waals surface area contributed by atoms with Gasteiger partial charge in [0.2, 0.25) is 0 Å². The zero-order valence-corrected chi connectivity index (χ0v) is 14.3. The summed E-state index contributed by atoms with van der Waals surface area (Å²) in [6.45, 7) is 14.6. The average Bonchev–Trinajstić information content (AvgIpc) is 2.45. The molecule has 1 heterocycles. The van der Waals surface area contributed by atoms with Gasteiger partial charge in [-0.2, -0.15) is 0 Å². The van der Waals surface area contributed by atoms with Gasteiger partial charge in [0.05, 0.1) is 0 Å². The molecule has 118 valence electrons. The van der Waals surface area contributed by atoms with Gasteiger partial charge >= 0.3 is 0 Å². The van der Waals surface area contributed by atoms with Crippen molar-refractivity contribution in [3.8, 4) is 0 Å². The highest BCUT2D eigenvalue weighted by molar-refractivity contribution is 4.84. The molecule has 0 amide bonds. The molecule has 1 N–H and O–H groups in total. The van der Waals surface area contributed by atoms with Crippen molar-refractivity contribution in [2.45, 2.75) is 72.3 Å². The van der Waals surface area contributed by atoms with E-state index in [1.807, 2.05) is 0 Å². The van der Waals surface area contributed by atoms with Crippen molar-refractivity contribution in [1.29, 1.82) is 0 Å². The smallest absolute Gasteiger partial charge is 0.0221 e. The molecule has 1 unspecified atom stereocenters. The number of hydrogen-bond acceptors (Lipinski definition) is 2. The molecular weight excluding hydrogens is 244 g/mol. The van der Waals surface area contributed by atoms with Gasteiger partial charge in [0.25, 0.3) is 0 Å². The van der Waals surface area contributed by atoms with Crippen LogP contribution in [0.5, 0.6) is 0 Å². The van der Waals surface area contributed by atoms with E-state index in [1.54, 1.807) is 0 Å². The first-order chi connectivity index (χ1) is 9.50. The average molecular weight is 280 g/mol. The lowest BCUT2D eigenvalue weighted by Gasteiger charge is -2.40. The first-order valence-electron chi connectivity index (χ1n) is 8.95. The van der Waals surface area contributed by atoms with Crippen LogP contribution >= 0.6 is 0 Å². The lowest BCUT2D eigenvalue weighted by Crippen LogP contribution is -2.48. The summed E-state index contributed by atoms with van der Waals surface area (Å²) >= 11 is 0. The second-order valence-electron chi connectivity index (χ2n) is 8.17. The van der Waals surface area contributed by atoms with E-state index in [0.717, 1.165) is 17.9 Å². The van der Waals surface area contributed by atoms with Crippen molar-refractivity contribution in [2.75, 3.05) is 26.2 Å². The van der Waals surface area contributed by atoms with Gasteiger partial charge in [-0.3, -0.25) is 4.90 Å². The molecule has 0 aromatic heterocycles. The van der Waals surface area contributed by atoms with Crippen LogP contribution in [0.2, 0.25) is 0 Å². The van der Waals surface area contributed by atoms with Crippen LogP contribution in [0, 0.1) is 17.3 Å². The van der Waals surface area contributed by atoms with Crippen LogP contribution < -0.4 is 5.32 Å². The third-order valence-corrected chi connectivity index (χ3v) is 5.76. The molecular formula is C18H36N2. The minimum Gasteiger partial charge on any atom is -0.315 e. The Labute approximate surface area is 126 Å². The summed E-state index contributed by atoms with van der Waals surface area (Å²) < 4.78 is 0. The van der Waals surface area contributed by atoms with Crippen molar-refractivity contribution in [3.63, 3.8) is 0 Å². The minimum atomic E-state index is 0.517. The molecule has 2 aliphatic rings. The molecule has 0 aromatic carbocycles. The summed E-state index contributed by atoms with van der Waals surface area (Å²) in [5.74, 6) is 1.90. The lowest BCUT2D eigenvalue weighted by atomic mass is 9.70. The van der Waals surface area contributed by atoms with Crippen LogP contribution in [0.25, 0.3) is 0 Å². The summed E-state index contributed by atoms with van der Waals surface area (Å²) in [6.07, 6.45) is 8.58. The fraction of sp³-hybridized carbons (Fsp3) is 1.00. The quantitative estimate of drug-likeness (QED) is 0.840.